The molecular formula is C36H45FN6O5. The van der Waals surface area contributed by atoms with Gasteiger partial charge in [0.1, 0.15) is 35.3 Å². The first-order chi connectivity index (χ1) is 22.8. The predicted octanol–water partition coefficient (Wildman–Crippen LogP) is 6.58. The molecule has 256 valence electrons. The molecule has 1 aromatic carbocycles. The predicted molar refractivity (Wildman–Crippen MR) is 178 cm³/mol. The van der Waals surface area contributed by atoms with Gasteiger partial charge in [0.2, 0.25) is 0 Å². The lowest BCUT2D eigenvalue weighted by atomic mass is 9.61. The smallest absolute Gasteiger partial charge is 0.410 e. The second-order valence-corrected chi connectivity index (χ2v) is 14.4. The molecule has 48 heavy (non-hydrogen) atoms. The van der Waals surface area contributed by atoms with Gasteiger partial charge in [-0.15, -0.1) is 0 Å². The molecule has 1 aliphatic carbocycles. The highest BCUT2D eigenvalue weighted by molar-refractivity contribution is 5.97. The quantitative estimate of drug-likeness (QED) is 0.265. The van der Waals surface area contributed by atoms with Gasteiger partial charge < -0.3 is 28.9 Å². The van der Waals surface area contributed by atoms with Crippen molar-refractivity contribution in [1.82, 2.24) is 24.8 Å². The number of benzene rings is 1. The molecule has 4 heterocycles. The number of hydrogen-bond donors (Lipinski definition) is 0. The second kappa shape index (κ2) is 12.9. The average Bonchev–Trinajstić information content (AvgIpc) is 2.98. The zero-order valence-corrected chi connectivity index (χ0v) is 28.8. The monoisotopic (exact) mass is 660 g/mol. The molecule has 2 aliphatic heterocycles. The van der Waals surface area contributed by atoms with E-state index in [1.54, 1.807) is 22.2 Å². The van der Waals surface area contributed by atoms with E-state index in [9.17, 15) is 14.0 Å². The van der Waals surface area contributed by atoms with Crippen LogP contribution in [-0.2, 0) is 11.2 Å². The number of nitrogens with zero attached hydrogens (tertiary/aromatic N) is 6. The van der Waals surface area contributed by atoms with Crippen LogP contribution >= 0.6 is 0 Å². The maximum absolute atomic E-state index is 14.3. The summed E-state index contributed by atoms with van der Waals surface area (Å²) in [7, 11) is 0. The van der Waals surface area contributed by atoms with E-state index in [2.05, 4.69) is 19.9 Å². The van der Waals surface area contributed by atoms with Gasteiger partial charge in [0.05, 0.1) is 23.5 Å². The summed E-state index contributed by atoms with van der Waals surface area (Å²) >= 11 is 0. The summed E-state index contributed by atoms with van der Waals surface area (Å²) in [5.41, 5.74) is 1.57. The molecule has 1 spiro atoms. The minimum absolute atomic E-state index is 0.0409. The third-order valence-corrected chi connectivity index (χ3v) is 9.38. The van der Waals surface area contributed by atoms with Crippen LogP contribution in [0.1, 0.15) is 89.0 Å². The topological polar surface area (TPSA) is 110 Å². The number of rotatable bonds is 8. The number of ether oxygens (including phenoxy) is 3. The largest absolute Gasteiger partial charge is 0.490 e. The van der Waals surface area contributed by atoms with Crippen LogP contribution < -0.4 is 14.4 Å². The molecule has 1 unspecified atom stereocenters. The first-order valence-corrected chi connectivity index (χ1v) is 16.7. The molecule has 1 saturated heterocycles. The van der Waals surface area contributed by atoms with Crippen molar-refractivity contribution in [2.75, 3.05) is 31.1 Å². The summed E-state index contributed by atoms with van der Waals surface area (Å²) < 4.78 is 32.8. The van der Waals surface area contributed by atoms with Gasteiger partial charge in [0.15, 0.2) is 11.6 Å². The van der Waals surface area contributed by atoms with Crippen molar-refractivity contribution in [1.29, 1.82) is 0 Å². The SMILES string of the molecule is CCN(C(=O)c1cc(F)ccc1Oc1cncnc1N1CC2(CC(Oc3ccnc4c3C(C)N(C(=O)OC(C)(C)C)CC4)C2)C1)C(C)C. The van der Waals surface area contributed by atoms with E-state index < -0.39 is 11.4 Å². The molecule has 6 rings (SSSR count). The Hall–Kier alpha value is -4.48. The molecule has 3 aliphatic rings. The number of fused-ring (bicyclic) bond motifs is 1. The molecule has 11 nitrogen and oxygen atoms in total. The Morgan fingerprint density at radius 3 is 2.54 bits per heavy atom. The highest BCUT2D eigenvalue weighted by Gasteiger charge is 2.54. The van der Waals surface area contributed by atoms with Crippen molar-refractivity contribution in [2.24, 2.45) is 5.41 Å². The van der Waals surface area contributed by atoms with Crippen molar-refractivity contribution in [3.8, 4) is 17.2 Å². The van der Waals surface area contributed by atoms with Crippen LogP contribution in [0.4, 0.5) is 15.0 Å². The first kappa shape index (κ1) is 33.4. The molecule has 2 amide bonds. The molecule has 3 aromatic rings. The Balaban J connectivity index is 1.11. The molecular weight excluding hydrogens is 615 g/mol. The van der Waals surface area contributed by atoms with Gasteiger partial charge in [0, 0.05) is 55.8 Å². The van der Waals surface area contributed by atoms with Gasteiger partial charge in [-0.25, -0.2) is 19.2 Å². The lowest BCUT2D eigenvalue weighted by Crippen LogP contribution is -2.65. The number of amides is 2. The van der Waals surface area contributed by atoms with E-state index in [-0.39, 0.29) is 46.9 Å². The van der Waals surface area contributed by atoms with Crippen LogP contribution in [0.2, 0.25) is 0 Å². The Labute approximate surface area is 281 Å². The van der Waals surface area contributed by atoms with E-state index in [1.165, 1.54) is 24.5 Å². The summed E-state index contributed by atoms with van der Waals surface area (Å²) in [4.78, 5) is 45.1. The molecule has 0 bridgehead atoms. The van der Waals surface area contributed by atoms with Gasteiger partial charge in [-0.1, -0.05) is 0 Å². The normalized spacial score (nSPS) is 18.6. The Morgan fingerprint density at radius 1 is 1.10 bits per heavy atom. The third kappa shape index (κ3) is 6.61. The number of halogens is 1. The van der Waals surface area contributed by atoms with E-state index in [1.807, 2.05) is 54.5 Å². The van der Waals surface area contributed by atoms with Crippen LogP contribution in [-0.4, -0.2) is 80.7 Å². The van der Waals surface area contributed by atoms with Crippen molar-refractivity contribution in [3.63, 3.8) is 0 Å². The van der Waals surface area contributed by atoms with Crippen LogP contribution in [0.3, 0.4) is 0 Å². The Morgan fingerprint density at radius 2 is 1.85 bits per heavy atom. The van der Waals surface area contributed by atoms with Gasteiger partial charge in [-0.3, -0.25) is 9.78 Å². The molecule has 0 N–H and O–H groups in total. The fraction of sp³-hybridized carbons (Fsp3) is 0.528. The average molecular weight is 661 g/mol. The molecule has 0 radical (unpaired) electrons. The number of pyridine rings is 1. The molecule has 2 aromatic heterocycles. The number of aromatic nitrogens is 3. The molecule has 1 atom stereocenters. The number of carbonyl (C=O) groups is 2. The van der Waals surface area contributed by atoms with Crippen LogP contribution in [0, 0.1) is 11.2 Å². The van der Waals surface area contributed by atoms with E-state index in [0.29, 0.717) is 31.1 Å². The maximum Gasteiger partial charge on any atom is 0.410 e. The summed E-state index contributed by atoms with van der Waals surface area (Å²) in [6.45, 7) is 15.9. The summed E-state index contributed by atoms with van der Waals surface area (Å²) in [5.74, 6) is 1.24. The highest BCUT2D eigenvalue weighted by atomic mass is 19.1. The van der Waals surface area contributed by atoms with Gasteiger partial charge >= 0.3 is 6.09 Å². The van der Waals surface area contributed by atoms with Crippen molar-refractivity contribution in [3.05, 3.63) is 65.6 Å². The van der Waals surface area contributed by atoms with Crippen molar-refractivity contribution in [2.45, 2.75) is 91.5 Å². The zero-order valence-electron chi connectivity index (χ0n) is 28.8. The van der Waals surface area contributed by atoms with Crippen LogP contribution in [0.15, 0.2) is 43.0 Å². The van der Waals surface area contributed by atoms with E-state index in [0.717, 1.165) is 42.9 Å². The van der Waals surface area contributed by atoms with Crippen LogP contribution in [0.25, 0.3) is 0 Å². The maximum atomic E-state index is 14.3. The second-order valence-electron chi connectivity index (χ2n) is 14.4. The van der Waals surface area contributed by atoms with E-state index in [4.69, 9.17) is 14.2 Å². The number of anilines is 1. The molecule has 1 saturated carbocycles. The summed E-state index contributed by atoms with van der Waals surface area (Å²) in [6, 6.07) is 5.60. The van der Waals surface area contributed by atoms with Gasteiger partial charge in [-0.05, 0) is 85.6 Å². The summed E-state index contributed by atoms with van der Waals surface area (Å²) in [5, 5.41) is 0. The van der Waals surface area contributed by atoms with Crippen molar-refractivity contribution >= 4 is 17.8 Å². The van der Waals surface area contributed by atoms with E-state index >= 15 is 0 Å². The number of carbonyl (C=O) groups excluding carboxylic acids is 2. The minimum Gasteiger partial charge on any atom is -0.490 e. The van der Waals surface area contributed by atoms with Crippen LogP contribution in [0.5, 0.6) is 17.2 Å². The first-order valence-electron chi connectivity index (χ1n) is 16.7. The minimum atomic E-state index is -0.575. The lowest BCUT2D eigenvalue weighted by molar-refractivity contribution is -0.0357. The summed E-state index contributed by atoms with van der Waals surface area (Å²) in [6.07, 6.45) is 6.94. The lowest BCUT2D eigenvalue weighted by Gasteiger charge is -2.59. The number of hydrogen-bond acceptors (Lipinski definition) is 9. The van der Waals surface area contributed by atoms with Crippen molar-refractivity contribution < 1.29 is 28.2 Å². The van der Waals surface area contributed by atoms with Gasteiger partial charge in [0.25, 0.3) is 5.91 Å². The third-order valence-electron chi connectivity index (χ3n) is 9.38. The molecule has 12 heteroatoms. The Kier molecular flexibility index (Phi) is 8.95. The standard InChI is InChI=1S/C36H45FN6O5/c1-8-42(22(2)3)33(44)26-15-24(37)9-10-28(26)47-30-18-38-21-40-32(30)41-19-36(20-41)16-25(17-36)46-29-11-13-39-27-12-14-43(23(4)31(27)29)34(45)48-35(5,6)7/h9-11,13,15,18,21-23,25H,8,12,14,16-17,19-20H2,1-7H3. The zero-order chi connectivity index (χ0) is 34.4. The molecule has 2 fully saturated rings. The highest BCUT2D eigenvalue weighted by Crippen LogP contribution is 2.52. The fourth-order valence-corrected chi connectivity index (χ4v) is 7.13. The Bertz CT molecular complexity index is 1680. The van der Waals surface area contributed by atoms with Gasteiger partial charge in [-0.2, -0.15) is 0 Å². The fourth-order valence-electron chi connectivity index (χ4n) is 7.13.